The van der Waals surface area contributed by atoms with E-state index < -0.39 is 0 Å². The number of hydrogen-bond donors (Lipinski definition) is 0. The minimum atomic E-state index is 0.595. The first kappa shape index (κ1) is 12.9. The molecule has 1 fully saturated rings. The van der Waals surface area contributed by atoms with Gasteiger partial charge >= 0.3 is 0 Å². The molecule has 0 radical (unpaired) electrons. The summed E-state index contributed by atoms with van der Waals surface area (Å²) in [5.41, 5.74) is 2.52. The average molecular weight is 278 g/mol. The highest BCUT2D eigenvalue weighted by Crippen LogP contribution is 2.32. The minimum absolute atomic E-state index is 0.595. The molecule has 19 heavy (non-hydrogen) atoms. The Balaban J connectivity index is 1.82. The largest absolute Gasteiger partial charge is 0.302 e. The number of fused-ring (bicyclic) bond motifs is 1. The van der Waals surface area contributed by atoms with Crippen LogP contribution in [0.4, 0.5) is 0 Å². The van der Waals surface area contributed by atoms with Gasteiger partial charge in [-0.15, -0.1) is 11.6 Å². The van der Waals surface area contributed by atoms with E-state index in [9.17, 15) is 0 Å². The number of benzene rings is 1. The number of hydrogen-bond acceptors (Lipinski definition) is 2. The summed E-state index contributed by atoms with van der Waals surface area (Å²) < 4.78 is 2.01. The van der Waals surface area contributed by atoms with Gasteiger partial charge in [0.15, 0.2) is 0 Å². The predicted octanol–water partition coefficient (Wildman–Crippen LogP) is 2.99. The van der Waals surface area contributed by atoms with E-state index in [1.165, 1.54) is 29.4 Å². The molecule has 0 amide bonds. The van der Waals surface area contributed by atoms with E-state index >= 15 is 0 Å². The maximum absolute atomic E-state index is 5.81. The van der Waals surface area contributed by atoms with E-state index in [4.69, 9.17) is 16.7 Å². The maximum atomic E-state index is 5.81. The highest BCUT2D eigenvalue weighted by atomic mass is 35.5. The number of aryl methyl sites for hydroxylation is 1. The highest BCUT2D eigenvalue weighted by Gasteiger charge is 2.24. The van der Waals surface area contributed by atoms with Crippen LogP contribution in [-0.4, -0.2) is 40.2 Å². The Kier molecular flexibility index (Phi) is 3.76. The second-order valence-corrected chi connectivity index (χ2v) is 5.71. The van der Waals surface area contributed by atoms with Gasteiger partial charge in [0.1, 0.15) is 0 Å². The quantitative estimate of drug-likeness (QED) is 0.804. The van der Waals surface area contributed by atoms with Crippen LogP contribution in [0.3, 0.4) is 0 Å². The minimum Gasteiger partial charge on any atom is -0.302 e. The van der Waals surface area contributed by atoms with E-state index in [1.54, 1.807) is 0 Å². The number of piperidine rings is 1. The van der Waals surface area contributed by atoms with E-state index in [1.807, 2.05) is 11.7 Å². The van der Waals surface area contributed by atoms with Crippen molar-refractivity contribution in [2.45, 2.75) is 18.8 Å². The van der Waals surface area contributed by atoms with Crippen molar-refractivity contribution in [2.24, 2.45) is 7.05 Å². The lowest BCUT2D eigenvalue weighted by Gasteiger charge is -2.30. The predicted molar refractivity (Wildman–Crippen MR) is 79.8 cm³/mol. The number of likely N-dealkylation sites (tertiary alicyclic amines) is 1. The van der Waals surface area contributed by atoms with E-state index in [0.717, 1.165) is 25.5 Å². The second kappa shape index (κ2) is 5.51. The highest BCUT2D eigenvalue weighted by molar-refractivity contribution is 6.18. The molecule has 1 aromatic heterocycles. The van der Waals surface area contributed by atoms with Crippen LogP contribution in [0.2, 0.25) is 0 Å². The molecule has 1 aliphatic heterocycles. The molecule has 0 N–H and O–H groups in total. The Morgan fingerprint density at radius 2 is 2.00 bits per heavy atom. The first-order valence-corrected chi connectivity index (χ1v) is 7.53. The number of alkyl halides is 1. The van der Waals surface area contributed by atoms with Crippen LogP contribution in [0.1, 0.15) is 24.5 Å². The fraction of sp³-hybridized carbons (Fsp3) is 0.533. The van der Waals surface area contributed by atoms with Crippen LogP contribution in [0.15, 0.2) is 24.3 Å². The summed E-state index contributed by atoms with van der Waals surface area (Å²) in [6, 6.07) is 8.53. The van der Waals surface area contributed by atoms with E-state index in [0.29, 0.717) is 5.92 Å². The van der Waals surface area contributed by atoms with Crippen molar-refractivity contribution in [1.82, 2.24) is 14.7 Å². The van der Waals surface area contributed by atoms with Crippen molar-refractivity contribution in [2.75, 3.05) is 25.5 Å². The monoisotopic (exact) mass is 277 g/mol. The van der Waals surface area contributed by atoms with Gasteiger partial charge in [-0.3, -0.25) is 4.68 Å². The van der Waals surface area contributed by atoms with E-state index in [2.05, 4.69) is 29.2 Å². The normalized spacial score (nSPS) is 18.2. The number of para-hydroxylation sites is 1. The van der Waals surface area contributed by atoms with Gasteiger partial charge in [0.25, 0.3) is 0 Å². The molecule has 2 heterocycles. The number of halogens is 1. The lowest BCUT2D eigenvalue weighted by molar-refractivity contribution is 0.222. The van der Waals surface area contributed by atoms with E-state index in [-0.39, 0.29) is 0 Å². The smallest absolute Gasteiger partial charge is 0.0735 e. The molecule has 0 aliphatic carbocycles. The molecule has 1 aliphatic rings. The molecule has 0 spiro atoms. The molecule has 0 bridgehead atoms. The third kappa shape index (κ3) is 2.49. The summed E-state index contributed by atoms with van der Waals surface area (Å²) in [5, 5.41) is 6.08. The second-order valence-electron chi connectivity index (χ2n) is 5.33. The molecule has 102 valence electrons. The fourth-order valence-electron chi connectivity index (χ4n) is 3.09. The Hall–Kier alpha value is -1.06. The van der Waals surface area contributed by atoms with Crippen molar-refractivity contribution in [3.63, 3.8) is 0 Å². The summed E-state index contributed by atoms with van der Waals surface area (Å²) in [6.45, 7) is 3.29. The number of rotatable bonds is 3. The molecule has 0 saturated carbocycles. The number of nitrogens with zero attached hydrogens (tertiary/aromatic N) is 3. The molecule has 3 rings (SSSR count). The van der Waals surface area contributed by atoms with Gasteiger partial charge in [0.2, 0.25) is 0 Å². The maximum Gasteiger partial charge on any atom is 0.0735 e. The molecule has 3 nitrogen and oxygen atoms in total. The van der Waals surface area contributed by atoms with Crippen LogP contribution in [-0.2, 0) is 7.05 Å². The van der Waals surface area contributed by atoms with Crippen LogP contribution in [0.25, 0.3) is 10.9 Å². The first-order valence-electron chi connectivity index (χ1n) is 6.99. The molecular weight excluding hydrogens is 258 g/mol. The van der Waals surface area contributed by atoms with Crippen LogP contribution < -0.4 is 0 Å². The third-order valence-corrected chi connectivity index (χ3v) is 4.33. The Morgan fingerprint density at radius 1 is 1.26 bits per heavy atom. The topological polar surface area (TPSA) is 21.1 Å². The van der Waals surface area contributed by atoms with Crippen LogP contribution in [0.5, 0.6) is 0 Å². The summed E-state index contributed by atoms with van der Waals surface area (Å²) in [4.78, 5) is 2.45. The number of aromatic nitrogens is 2. The van der Waals surface area contributed by atoms with Gasteiger partial charge in [-0.2, -0.15) is 5.10 Å². The summed E-state index contributed by atoms with van der Waals surface area (Å²) >= 11 is 5.81. The van der Waals surface area contributed by atoms with Crippen molar-refractivity contribution >= 4 is 22.5 Å². The third-order valence-electron chi connectivity index (χ3n) is 4.16. The Labute approximate surface area is 119 Å². The molecule has 1 saturated heterocycles. The zero-order valence-corrected chi connectivity index (χ0v) is 12.1. The Morgan fingerprint density at radius 3 is 2.74 bits per heavy atom. The SMILES string of the molecule is Cn1nc(C2CCN(CCCl)CC2)c2ccccc21. The van der Waals surface area contributed by atoms with Gasteiger partial charge in [0, 0.05) is 30.8 Å². The summed E-state index contributed by atoms with van der Waals surface area (Å²) in [7, 11) is 2.04. The zero-order valence-electron chi connectivity index (χ0n) is 11.3. The first-order chi connectivity index (χ1) is 9.29. The fourth-order valence-corrected chi connectivity index (χ4v) is 3.33. The summed E-state index contributed by atoms with van der Waals surface area (Å²) in [5.74, 6) is 1.33. The van der Waals surface area contributed by atoms with Gasteiger partial charge in [-0.1, -0.05) is 18.2 Å². The van der Waals surface area contributed by atoms with Crippen LogP contribution >= 0.6 is 11.6 Å². The molecule has 0 atom stereocenters. The van der Waals surface area contributed by atoms with Crippen molar-refractivity contribution in [1.29, 1.82) is 0 Å². The van der Waals surface area contributed by atoms with Gasteiger partial charge < -0.3 is 4.90 Å². The standard InChI is InChI=1S/C15H20ClN3/c1-18-14-5-3-2-4-13(14)15(17-18)12-6-9-19(10-7-12)11-8-16/h2-5,12H,6-11H2,1H3. The summed E-state index contributed by atoms with van der Waals surface area (Å²) in [6.07, 6.45) is 2.38. The lowest BCUT2D eigenvalue weighted by atomic mass is 9.92. The Bertz CT molecular complexity index is 556. The van der Waals surface area contributed by atoms with Crippen molar-refractivity contribution < 1.29 is 0 Å². The molecular formula is C15H20ClN3. The molecule has 4 heteroatoms. The van der Waals surface area contributed by atoms with Gasteiger partial charge in [0.05, 0.1) is 11.2 Å². The van der Waals surface area contributed by atoms with Gasteiger partial charge in [-0.05, 0) is 32.0 Å². The van der Waals surface area contributed by atoms with Crippen molar-refractivity contribution in [3.8, 4) is 0 Å². The molecule has 0 unspecified atom stereocenters. The average Bonchev–Trinajstić information content (AvgIpc) is 2.78. The molecule has 1 aromatic carbocycles. The lowest BCUT2D eigenvalue weighted by Crippen LogP contribution is -2.34. The van der Waals surface area contributed by atoms with Crippen LogP contribution in [0, 0.1) is 0 Å². The zero-order chi connectivity index (χ0) is 13.2. The van der Waals surface area contributed by atoms with Gasteiger partial charge in [-0.25, -0.2) is 0 Å². The molecule has 2 aromatic rings. The van der Waals surface area contributed by atoms with Crippen molar-refractivity contribution in [3.05, 3.63) is 30.0 Å².